The molecule has 4 rings (SSSR count). The normalized spacial score (nSPS) is 18.3. The molecule has 1 fully saturated rings. The number of imidazole rings is 1. The number of nitrogens with zero attached hydrogens (tertiary/aromatic N) is 3. The quantitative estimate of drug-likeness (QED) is 0.581. The van der Waals surface area contributed by atoms with E-state index in [1.807, 2.05) is 22.8 Å². The molecular weight excluding hydrogens is 401 g/mol. The SMILES string of the molecule is Cl.Cl.O=C(NCC1(O)CCNC1)c1cnc2c(c1)ncn2Cc1ccccc1. The fourth-order valence-electron chi connectivity index (χ4n) is 3.20. The Morgan fingerprint density at radius 2 is 2.04 bits per heavy atom. The van der Waals surface area contributed by atoms with Crippen molar-refractivity contribution in [2.45, 2.75) is 18.6 Å². The number of carbonyl (C=O) groups excluding carboxylic acids is 1. The second-order valence-corrected chi connectivity index (χ2v) is 6.76. The molecule has 28 heavy (non-hydrogen) atoms. The van der Waals surface area contributed by atoms with Crippen LogP contribution in [0, 0.1) is 0 Å². The highest BCUT2D eigenvalue weighted by molar-refractivity contribution is 5.96. The molecule has 0 aliphatic carbocycles. The van der Waals surface area contributed by atoms with E-state index in [1.54, 1.807) is 18.6 Å². The van der Waals surface area contributed by atoms with Crippen LogP contribution in [0.1, 0.15) is 22.3 Å². The van der Waals surface area contributed by atoms with E-state index in [4.69, 9.17) is 0 Å². The molecule has 1 aliphatic heterocycles. The second kappa shape index (κ2) is 9.34. The number of hydrogen-bond acceptors (Lipinski definition) is 5. The minimum Gasteiger partial charge on any atom is -0.387 e. The molecule has 1 saturated heterocycles. The fraction of sp³-hybridized carbons (Fsp3) is 0.316. The smallest absolute Gasteiger partial charge is 0.253 e. The van der Waals surface area contributed by atoms with Gasteiger partial charge >= 0.3 is 0 Å². The number of benzene rings is 1. The van der Waals surface area contributed by atoms with Crippen LogP contribution in [-0.4, -0.2) is 50.8 Å². The van der Waals surface area contributed by atoms with Gasteiger partial charge in [-0.1, -0.05) is 30.3 Å². The average Bonchev–Trinajstić information content (AvgIpc) is 3.27. The van der Waals surface area contributed by atoms with Crippen molar-refractivity contribution in [2.75, 3.05) is 19.6 Å². The van der Waals surface area contributed by atoms with E-state index in [-0.39, 0.29) is 37.3 Å². The summed E-state index contributed by atoms with van der Waals surface area (Å²) in [5.74, 6) is -0.252. The molecule has 0 spiro atoms. The predicted octanol–water partition coefficient (Wildman–Crippen LogP) is 1.78. The molecule has 1 aromatic carbocycles. The van der Waals surface area contributed by atoms with Gasteiger partial charge in [-0.3, -0.25) is 4.79 Å². The molecule has 3 aromatic rings. The Labute approximate surface area is 175 Å². The first kappa shape index (κ1) is 22.1. The molecule has 0 bridgehead atoms. The van der Waals surface area contributed by atoms with Gasteiger partial charge in [0.05, 0.1) is 24.0 Å². The van der Waals surface area contributed by atoms with Crippen LogP contribution in [0.2, 0.25) is 0 Å². The van der Waals surface area contributed by atoms with Gasteiger partial charge in [-0.05, 0) is 24.6 Å². The van der Waals surface area contributed by atoms with Crippen LogP contribution in [0.5, 0.6) is 0 Å². The maximum atomic E-state index is 12.4. The first-order chi connectivity index (χ1) is 12.6. The first-order valence-corrected chi connectivity index (χ1v) is 8.69. The molecule has 1 atom stereocenters. The maximum Gasteiger partial charge on any atom is 0.253 e. The summed E-state index contributed by atoms with van der Waals surface area (Å²) in [5, 5.41) is 16.2. The fourth-order valence-corrected chi connectivity index (χ4v) is 3.20. The van der Waals surface area contributed by atoms with Gasteiger partial charge in [0, 0.05) is 19.3 Å². The number of fused-ring (bicyclic) bond motifs is 1. The molecule has 7 nitrogen and oxygen atoms in total. The largest absolute Gasteiger partial charge is 0.387 e. The Kier molecular flexibility index (Phi) is 7.37. The van der Waals surface area contributed by atoms with Crippen LogP contribution in [0.25, 0.3) is 11.2 Å². The topological polar surface area (TPSA) is 92.1 Å². The van der Waals surface area contributed by atoms with Crippen molar-refractivity contribution in [3.05, 3.63) is 60.0 Å². The highest BCUT2D eigenvalue weighted by Gasteiger charge is 2.31. The van der Waals surface area contributed by atoms with Crippen LogP contribution in [0.3, 0.4) is 0 Å². The lowest BCUT2D eigenvalue weighted by Gasteiger charge is -2.21. The van der Waals surface area contributed by atoms with Gasteiger partial charge in [-0.25, -0.2) is 9.97 Å². The Morgan fingerprint density at radius 3 is 2.75 bits per heavy atom. The van der Waals surface area contributed by atoms with Crippen LogP contribution in [0.15, 0.2) is 48.9 Å². The summed E-state index contributed by atoms with van der Waals surface area (Å²) in [6, 6.07) is 11.8. The van der Waals surface area contributed by atoms with Crippen molar-refractivity contribution < 1.29 is 9.90 Å². The number of carbonyl (C=O) groups is 1. The van der Waals surface area contributed by atoms with E-state index in [0.717, 1.165) is 17.8 Å². The number of aliphatic hydroxyl groups is 1. The zero-order chi connectivity index (χ0) is 18.0. The van der Waals surface area contributed by atoms with Gasteiger partial charge in [0.2, 0.25) is 0 Å². The molecule has 3 N–H and O–H groups in total. The van der Waals surface area contributed by atoms with Gasteiger partial charge in [-0.15, -0.1) is 24.8 Å². The molecule has 3 heterocycles. The van der Waals surface area contributed by atoms with Gasteiger partial charge in [0.25, 0.3) is 5.91 Å². The molecule has 0 radical (unpaired) electrons. The molecule has 9 heteroatoms. The van der Waals surface area contributed by atoms with Crippen LogP contribution < -0.4 is 10.6 Å². The number of halogens is 2. The lowest BCUT2D eigenvalue weighted by molar-refractivity contribution is 0.0562. The van der Waals surface area contributed by atoms with E-state index in [9.17, 15) is 9.90 Å². The number of pyridine rings is 1. The van der Waals surface area contributed by atoms with Crippen molar-refractivity contribution in [3.8, 4) is 0 Å². The Hall–Kier alpha value is -2.19. The zero-order valence-corrected chi connectivity index (χ0v) is 16.8. The molecule has 150 valence electrons. The summed E-state index contributed by atoms with van der Waals surface area (Å²) in [5.41, 5.74) is 2.15. The first-order valence-electron chi connectivity index (χ1n) is 8.69. The summed E-state index contributed by atoms with van der Waals surface area (Å²) in [7, 11) is 0. The number of hydrogen-bond donors (Lipinski definition) is 3. The average molecular weight is 424 g/mol. The minimum absolute atomic E-state index is 0. The Bertz CT molecular complexity index is 926. The highest BCUT2D eigenvalue weighted by atomic mass is 35.5. The lowest BCUT2D eigenvalue weighted by Crippen LogP contribution is -2.44. The van der Waals surface area contributed by atoms with E-state index in [1.165, 1.54) is 0 Å². The van der Waals surface area contributed by atoms with Crippen molar-refractivity contribution >= 4 is 41.9 Å². The van der Waals surface area contributed by atoms with Gasteiger partial charge < -0.3 is 20.3 Å². The predicted molar refractivity (Wildman–Crippen MR) is 112 cm³/mol. The molecule has 0 saturated carbocycles. The van der Waals surface area contributed by atoms with Gasteiger partial charge in [-0.2, -0.15) is 0 Å². The van der Waals surface area contributed by atoms with Crippen LogP contribution >= 0.6 is 24.8 Å². The summed E-state index contributed by atoms with van der Waals surface area (Å²) in [6.07, 6.45) is 3.92. The van der Waals surface area contributed by atoms with Crippen LogP contribution in [-0.2, 0) is 6.54 Å². The summed E-state index contributed by atoms with van der Waals surface area (Å²) in [6.45, 7) is 2.16. The number of nitrogens with one attached hydrogen (secondary N) is 2. The monoisotopic (exact) mass is 423 g/mol. The number of aromatic nitrogens is 3. The van der Waals surface area contributed by atoms with E-state index in [0.29, 0.717) is 30.6 Å². The number of amides is 1. The maximum absolute atomic E-state index is 12.4. The number of rotatable bonds is 5. The van der Waals surface area contributed by atoms with Crippen molar-refractivity contribution in [1.29, 1.82) is 0 Å². The number of β-amino-alcohol motifs (C(OH)–C–C–N with tert-alkyl or cyclic N) is 1. The van der Waals surface area contributed by atoms with E-state index >= 15 is 0 Å². The van der Waals surface area contributed by atoms with Gasteiger partial charge in [0.15, 0.2) is 5.65 Å². The van der Waals surface area contributed by atoms with Crippen molar-refractivity contribution in [2.24, 2.45) is 0 Å². The van der Waals surface area contributed by atoms with Crippen molar-refractivity contribution in [1.82, 2.24) is 25.2 Å². The summed E-state index contributed by atoms with van der Waals surface area (Å²) >= 11 is 0. The standard InChI is InChI=1S/C19H21N5O2.2ClH/c25-18(22-12-19(26)6-7-20-11-19)15-8-16-17(21-9-15)24(13-23-16)10-14-4-2-1-3-5-14;;/h1-5,8-9,13,20,26H,6-7,10-12H2,(H,22,25);2*1H. The third-order valence-electron chi connectivity index (χ3n) is 4.71. The highest BCUT2D eigenvalue weighted by Crippen LogP contribution is 2.15. The molecule has 2 aromatic heterocycles. The van der Waals surface area contributed by atoms with E-state index in [2.05, 4.69) is 32.7 Å². The summed E-state index contributed by atoms with van der Waals surface area (Å²) < 4.78 is 1.96. The molecule has 1 aliphatic rings. The van der Waals surface area contributed by atoms with Crippen LogP contribution in [0.4, 0.5) is 0 Å². The zero-order valence-electron chi connectivity index (χ0n) is 15.2. The second-order valence-electron chi connectivity index (χ2n) is 6.76. The molecular formula is C19H23Cl2N5O2. The molecule has 1 unspecified atom stereocenters. The van der Waals surface area contributed by atoms with E-state index < -0.39 is 5.60 Å². The Morgan fingerprint density at radius 1 is 1.25 bits per heavy atom. The lowest BCUT2D eigenvalue weighted by atomic mass is 10.0. The minimum atomic E-state index is -0.871. The van der Waals surface area contributed by atoms with Crippen molar-refractivity contribution in [3.63, 3.8) is 0 Å². The third kappa shape index (κ3) is 4.80. The van der Waals surface area contributed by atoms with Gasteiger partial charge in [0.1, 0.15) is 5.52 Å². The Balaban J connectivity index is 0.00000140. The molecule has 1 amide bonds. The third-order valence-corrected chi connectivity index (χ3v) is 4.71. The summed E-state index contributed by atoms with van der Waals surface area (Å²) in [4.78, 5) is 21.2.